The van der Waals surface area contributed by atoms with Crippen LogP contribution in [0.5, 0.6) is 0 Å². The van der Waals surface area contributed by atoms with Crippen LogP contribution in [0, 0.1) is 5.92 Å². The zero-order valence-corrected chi connectivity index (χ0v) is 13.4. The Morgan fingerprint density at radius 2 is 2.00 bits per heavy atom. The van der Waals surface area contributed by atoms with Gasteiger partial charge in [0.05, 0.1) is 11.2 Å². The maximum atomic E-state index is 4.52. The molecule has 1 heterocycles. The first kappa shape index (κ1) is 14.3. The number of pyridine rings is 1. The van der Waals surface area contributed by atoms with E-state index in [0.717, 1.165) is 27.0 Å². The third-order valence-corrected chi connectivity index (χ3v) is 3.69. The van der Waals surface area contributed by atoms with E-state index in [1.54, 1.807) is 0 Å². The summed E-state index contributed by atoms with van der Waals surface area (Å²) >= 11 is 3.47. The van der Waals surface area contributed by atoms with Crippen molar-refractivity contribution >= 4 is 32.5 Å². The first-order valence-corrected chi connectivity index (χ1v) is 7.66. The molecule has 2 aromatic rings. The minimum Gasteiger partial charge on any atom is -0.381 e. The molecule has 1 atom stereocenters. The molecular weight excluding hydrogens is 300 g/mol. The number of nitrogens with one attached hydrogen (secondary N) is 1. The van der Waals surface area contributed by atoms with Crippen LogP contribution in [0.2, 0.25) is 0 Å². The van der Waals surface area contributed by atoms with Gasteiger partial charge in [0, 0.05) is 22.1 Å². The topological polar surface area (TPSA) is 24.9 Å². The fourth-order valence-corrected chi connectivity index (χ4v) is 2.52. The smallest absolute Gasteiger partial charge is 0.0934 e. The van der Waals surface area contributed by atoms with E-state index >= 15 is 0 Å². The van der Waals surface area contributed by atoms with E-state index in [9.17, 15) is 0 Å². The highest BCUT2D eigenvalue weighted by atomic mass is 79.9. The summed E-state index contributed by atoms with van der Waals surface area (Å²) in [6, 6.07) is 8.85. The molecule has 0 aliphatic carbocycles. The minimum atomic E-state index is 0.471. The zero-order chi connectivity index (χ0) is 13.8. The average Bonchev–Trinajstić information content (AvgIpc) is 2.36. The number of para-hydroxylation sites is 1. The molecule has 1 aromatic carbocycles. The standard InChI is InChI=1S/C16H21BrN2/c1-11(2)7-8-12(3)19-15-6-4-5-13-9-14(17)10-18-16(13)15/h4-6,9-12,19H,7-8H2,1-3H3. The molecule has 0 aliphatic heterocycles. The molecule has 0 spiro atoms. The third-order valence-electron chi connectivity index (χ3n) is 3.26. The van der Waals surface area contributed by atoms with Crippen molar-refractivity contribution in [1.82, 2.24) is 4.98 Å². The van der Waals surface area contributed by atoms with E-state index < -0.39 is 0 Å². The monoisotopic (exact) mass is 320 g/mol. The summed E-state index contributed by atoms with van der Waals surface area (Å²) in [4.78, 5) is 4.52. The SMILES string of the molecule is CC(C)CCC(C)Nc1cccc2cc(Br)cnc12. The summed E-state index contributed by atoms with van der Waals surface area (Å²) in [6.45, 7) is 6.77. The Kier molecular flexibility index (Phi) is 4.81. The number of aromatic nitrogens is 1. The maximum Gasteiger partial charge on any atom is 0.0934 e. The van der Waals surface area contributed by atoms with Crippen LogP contribution in [0.1, 0.15) is 33.6 Å². The highest BCUT2D eigenvalue weighted by molar-refractivity contribution is 9.10. The molecule has 2 rings (SSSR count). The lowest BCUT2D eigenvalue weighted by molar-refractivity contribution is 0.528. The van der Waals surface area contributed by atoms with Crippen molar-refractivity contribution in [1.29, 1.82) is 0 Å². The van der Waals surface area contributed by atoms with Crippen LogP contribution < -0.4 is 5.32 Å². The molecule has 1 unspecified atom stereocenters. The van der Waals surface area contributed by atoms with Crippen molar-refractivity contribution in [3.8, 4) is 0 Å². The summed E-state index contributed by atoms with van der Waals surface area (Å²) in [7, 11) is 0. The van der Waals surface area contributed by atoms with Crippen LogP contribution in [0.25, 0.3) is 10.9 Å². The summed E-state index contributed by atoms with van der Waals surface area (Å²) in [5.41, 5.74) is 2.17. The molecule has 0 amide bonds. The Labute approximate surface area is 123 Å². The zero-order valence-electron chi connectivity index (χ0n) is 11.8. The Morgan fingerprint density at radius 3 is 2.74 bits per heavy atom. The van der Waals surface area contributed by atoms with Gasteiger partial charge in [-0.3, -0.25) is 4.98 Å². The molecule has 0 radical (unpaired) electrons. The Morgan fingerprint density at radius 1 is 1.21 bits per heavy atom. The van der Waals surface area contributed by atoms with Gasteiger partial charge in [-0.05, 0) is 53.7 Å². The first-order chi connectivity index (χ1) is 9.06. The number of benzene rings is 1. The predicted molar refractivity (Wildman–Crippen MR) is 86.6 cm³/mol. The quantitative estimate of drug-likeness (QED) is 0.815. The summed E-state index contributed by atoms with van der Waals surface area (Å²) in [5.74, 6) is 0.755. The maximum absolute atomic E-state index is 4.52. The molecular formula is C16H21BrN2. The Bertz CT molecular complexity index is 551. The van der Waals surface area contributed by atoms with Gasteiger partial charge in [-0.25, -0.2) is 0 Å². The van der Waals surface area contributed by atoms with Crippen LogP contribution in [0.15, 0.2) is 34.9 Å². The molecule has 1 aromatic heterocycles. The highest BCUT2D eigenvalue weighted by Gasteiger charge is 2.07. The van der Waals surface area contributed by atoms with Crippen LogP contribution in [0.3, 0.4) is 0 Å². The van der Waals surface area contributed by atoms with Crippen molar-refractivity contribution in [3.63, 3.8) is 0 Å². The molecule has 102 valence electrons. The van der Waals surface area contributed by atoms with Crippen LogP contribution in [-0.4, -0.2) is 11.0 Å². The number of anilines is 1. The molecule has 0 aliphatic rings. The molecule has 0 bridgehead atoms. The fraction of sp³-hybridized carbons (Fsp3) is 0.438. The second-order valence-corrected chi connectivity index (χ2v) is 6.46. The van der Waals surface area contributed by atoms with Crippen molar-refractivity contribution in [2.24, 2.45) is 5.92 Å². The normalized spacial score (nSPS) is 12.9. The number of halogens is 1. The lowest BCUT2D eigenvalue weighted by Gasteiger charge is -2.17. The Balaban J connectivity index is 2.16. The van der Waals surface area contributed by atoms with Gasteiger partial charge in [0.2, 0.25) is 0 Å². The lowest BCUT2D eigenvalue weighted by Crippen LogP contribution is -2.16. The van der Waals surface area contributed by atoms with E-state index in [1.165, 1.54) is 12.8 Å². The second kappa shape index (κ2) is 6.38. The van der Waals surface area contributed by atoms with Crippen molar-refractivity contribution in [3.05, 3.63) is 34.9 Å². The molecule has 0 saturated carbocycles. The van der Waals surface area contributed by atoms with E-state index in [0.29, 0.717) is 6.04 Å². The van der Waals surface area contributed by atoms with Gasteiger partial charge < -0.3 is 5.32 Å². The highest BCUT2D eigenvalue weighted by Crippen LogP contribution is 2.25. The lowest BCUT2D eigenvalue weighted by atomic mass is 10.0. The first-order valence-electron chi connectivity index (χ1n) is 6.87. The van der Waals surface area contributed by atoms with Gasteiger partial charge in [0.25, 0.3) is 0 Å². The van der Waals surface area contributed by atoms with Gasteiger partial charge in [-0.2, -0.15) is 0 Å². The van der Waals surface area contributed by atoms with Gasteiger partial charge >= 0.3 is 0 Å². The van der Waals surface area contributed by atoms with Crippen molar-refractivity contribution in [2.45, 2.75) is 39.7 Å². The largest absolute Gasteiger partial charge is 0.381 e. The molecule has 19 heavy (non-hydrogen) atoms. The van der Waals surface area contributed by atoms with Gasteiger partial charge in [-0.15, -0.1) is 0 Å². The van der Waals surface area contributed by atoms with E-state index in [1.807, 2.05) is 6.20 Å². The summed E-state index contributed by atoms with van der Waals surface area (Å²) < 4.78 is 1.02. The molecule has 0 saturated heterocycles. The van der Waals surface area contributed by atoms with Crippen molar-refractivity contribution < 1.29 is 0 Å². The predicted octanol–water partition coefficient (Wildman–Crippen LogP) is 5.23. The van der Waals surface area contributed by atoms with Gasteiger partial charge in [-0.1, -0.05) is 26.0 Å². The minimum absolute atomic E-state index is 0.471. The summed E-state index contributed by atoms with van der Waals surface area (Å²) in [6.07, 6.45) is 4.29. The fourth-order valence-electron chi connectivity index (χ4n) is 2.17. The number of hydrogen-bond acceptors (Lipinski definition) is 2. The average molecular weight is 321 g/mol. The Hall–Kier alpha value is -1.09. The van der Waals surface area contributed by atoms with E-state index in [2.05, 4.69) is 71.3 Å². The number of rotatable bonds is 5. The molecule has 3 heteroatoms. The molecule has 2 nitrogen and oxygen atoms in total. The van der Waals surface area contributed by atoms with E-state index in [-0.39, 0.29) is 0 Å². The van der Waals surface area contributed by atoms with Gasteiger partial charge in [0.1, 0.15) is 0 Å². The molecule has 1 N–H and O–H groups in total. The second-order valence-electron chi connectivity index (χ2n) is 5.55. The van der Waals surface area contributed by atoms with Crippen molar-refractivity contribution in [2.75, 3.05) is 5.32 Å². The van der Waals surface area contributed by atoms with Crippen LogP contribution in [-0.2, 0) is 0 Å². The van der Waals surface area contributed by atoms with Crippen LogP contribution in [0.4, 0.5) is 5.69 Å². The third kappa shape index (κ3) is 3.93. The summed E-state index contributed by atoms with van der Waals surface area (Å²) in [5, 5.41) is 4.74. The van der Waals surface area contributed by atoms with Gasteiger partial charge in [0.15, 0.2) is 0 Å². The number of fused-ring (bicyclic) bond motifs is 1. The number of nitrogens with zero attached hydrogens (tertiary/aromatic N) is 1. The molecule has 0 fully saturated rings. The van der Waals surface area contributed by atoms with Crippen LogP contribution >= 0.6 is 15.9 Å². The number of hydrogen-bond donors (Lipinski definition) is 1. The van der Waals surface area contributed by atoms with E-state index in [4.69, 9.17) is 0 Å².